The van der Waals surface area contributed by atoms with Crippen molar-refractivity contribution in [2.24, 2.45) is 0 Å². The van der Waals surface area contributed by atoms with Gasteiger partial charge in [0, 0.05) is 37.3 Å². The van der Waals surface area contributed by atoms with Crippen LogP contribution in [0.5, 0.6) is 17.2 Å². The van der Waals surface area contributed by atoms with Gasteiger partial charge in [0.2, 0.25) is 0 Å². The number of hydrogen-bond donors (Lipinski definition) is 2. The molecule has 31 heavy (non-hydrogen) atoms. The Morgan fingerprint density at radius 1 is 1.13 bits per heavy atom. The summed E-state index contributed by atoms with van der Waals surface area (Å²) in [7, 11) is 4.68. The van der Waals surface area contributed by atoms with Gasteiger partial charge in [-0.25, -0.2) is 4.98 Å². The first kappa shape index (κ1) is 20.8. The molecule has 0 unspecified atom stereocenters. The van der Waals surface area contributed by atoms with Crippen molar-refractivity contribution in [2.45, 2.75) is 6.54 Å². The number of H-pyrrole nitrogens is 1. The average molecular weight is 426 g/mol. The van der Waals surface area contributed by atoms with Crippen LogP contribution in [0.4, 0.5) is 5.82 Å². The smallest absolute Gasteiger partial charge is 0.268 e. The van der Waals surface area contributed by atoms with Gasteiger partial charge in [-0.1, -0.05) is 0 Å². The molecule has 3 heterocycles. The minimum absolute atomic E-state index is 0.232. The van der Waals surface area contributed by atoms with Gasteiger partial charge in [0.15, 0.2) is 11.5 Å². The van der Waals surface area contributed by atoms with Gasteiger partial charge in [0.05, 0.1) is 40.1 Å². The molecular formula is C22H26N4O5. The number of pyridine rings is 1. The van der Waals surface area contributed by atoms with Crippen LogP contribution in [-0.2, 0) is 11.3 Å². The summed E-state index contributed by atoms with van der Waals surface area (Å²) in [5.74, 6) is 2.29. The molecule has 1 fully saturated rings. The first-order valence-corrected chi connectivity index (χ1v) is 10.0. The fourth-order valence-electron chi connectivity index (χ4n) is 3.67. The highest BCUT2D eigenvalue weighted by Gasteiger charge is 2.19. The lowest BCUT2D eigenvalue weighted by atomic mass is 10.2. The zero-order valence-corrected chi connectivity index (χ0v) is 17.9. The SMILES string of the molecule is COc1cc(OC)c2cc(C(=O)NCc3ccnc(N4CCOCC4)c3)[nH]c2c1OC. The van der Waals surface area contributed by atoms with E-state index in [4.69, 9.17) is 18.9 Å². The minimum atomic E-state index is -0.232. The van der Waals surface area contributed by atoms with Crippen LogP contribution in [0, 0.1) is 0 Å². The maximum absolute atomic E-state index is 12.8. The molecule has 1 aromatic carbocycles. The Labute approximate surface area is 180 Å². The molecule has 2 N–H and O–H groups in total. The number of rotatable bonds is 7. The molecule has 0 saturated carbocycles. The second-order valence-electron chi connectivity index (χ2n) is 7.09. The van der Waals surface area contributed by atoms with E-state index < -0.39 is 0 Å². The van der Waals surface area contributed by atoms with E-state index in [0.29, 0.717) is 48.2 Å². The first-order valence-electron chi connectivity index (χ1n) is 10.0. The van der Waals surface area contributed by atoms with E-state index in [-0.39, 0.29) is 5.91 Å². The summed E-state index contributed by atoms with van der Waals surface area (Å²) in [5, 5.41) is 3.70. The molecule has 2 aromatic heterocycles. The molecule has 0 radical (unpaired) electrons. The summed E-state index contributed by atoms with van der Waals surface area (Å²) in [5.41, 5.74) is 2.02. The number of amides is 1. The van der Waals surface area contributed by atoms with Gasteiger partial charge in [0.25, 0.3) is 5.91 Å². The molecular weight excluding hydrogens is 400 g/mol. The highest BCUT2D eigenvalue weighted by atomic mass is 16.5. The Kier molecular flexibility index (Phi) is 6.13. The quantitative estimate of drug-likeness (QED) is 0.598. The van der Waals surface area contributed by atoms with Crippen LogP contribution in [0.1, 0.15) is 16.1 Å². The average Bonchev–Trinajstić information content (AvgIpc) is 3.27. The minimum Gasteiger partial charge on any atom is -0.496 e. The number of methoxy groups -OCH3 is 3. The number of nitrogens with zero attached hydrogens (tertiary/aromatic N) is 2. The molecule has 1 amide bonds. The summed E-state index contributed by atoms with van der Waals surface area (Å²) in [6.45, 7) is 3.39. The maximum atomic E-state index is 12.8. The number of benzene rings is 1. The molecule has 0 spiro atoms. The zero-order valence-electron chi connectivity index (χ0n) is 17.9. The summed E-state index contributed by atoms with van der Waals surface area (Å²) >= 11 is 0. The van der Waals surface area contributed by atoms with Gasteiger partial charge in [-0.3, -0.25) is 4.79 Å². The number of carbonyl (C=O) groups excluding carboxylic acids is 1. The summed E-state index contributed by atoms with van der Waals surface area (Å²) in [4.78, 5) is 22.6. The monoisotopic (exact) mass is 426 g/mol. The normalized spacial score (nSPS) is 13.8. The van der Waals surface area contributed by atoms with E-state index in [9.17, 15) is 4.79 Å². The lowest BCUT2D eigenvalue weighted by Crippen LogP contribution is -2.36. The van der Waals surface area contributed by atoms with Gasteiger partial charge in [-0.05, 0) is 23.8 Å². The fraction of sp³-hybridized carbons (Fsp3) is 0.364. The number of carbonyl (C=O) groups is 1. The topological polar surface area (TPSA) is 97.9 Å². The Bertz CT molecular complexity index is 1080. The van der Waals surface area contributed by atoms with Crippen molar-refractivity contribution in [3.05, 3.63) is 41.7 Å². The Hall–Kier alpha value is -3.46. The van der Waals surface area contributed by atoms with Crippen molar-refractivity contribution in [1.29, 1.82) is 0 Å². The molecule has 1 aliphatic rings. The molecule has 0 bridgehead atoms. The Morgan fingerprint density at radius 3 is 2.61 bits per heavy atom. The van der Waals surface area contributed by atoms with Crippen LogP contribution in [0.15, 0.2) is 30.5 Å². The van der Waals surface area contributed by atoms with Crippen LogP contribution in [0.2, 0.25) is 0 Å². The van der Waals surface area contributed by atoms with E-state index >= 15 is 0 Å². The van der Waals surface area contributed by atoms with Crippen LogP contribution in [0.3, 0.4) is 0 Å². The molecule has 1 aliphatic heterocycles. The number of aromatic nitrogens is 2. The predicted molar refractivity (Wildman–Crippen MR) is 116 cm³/mol. The number of fused-ring (bicyclic) bond motifs is 1. The largest absolute Gasteiger partial charge is 0.496 e. The summed E-state index contributed by atoms with van der Waals surface area (Å²) in [6, 6.07) is 7.37. The summed E-state index contributed by atoms with van der Waals surface area (Å²) in [6.07, 6.45) is 1.76. The highest BCUT2D eigenvalue weighted by molar-refractivity contribution is 6.02. The van der Waals surface area contributed by atoms with E-state index in [2.05, 4.69) is 20.2 Å². The van der Waals surface area contributed by atoms with E-state index in [0.717, 1.165) is 29.9 Å². The van der Waals surface area contributed by atoms with E-state index in [1.54, 1.807) is 39.7 Å². The molecule has 0 aliphatic carbocycles. The second kappa shape index (κ2) is 9.13. The fourth-order valence-corrected chi connectivity index (χ4v) is 3.67. The predicted octanol–water partition coefficient (Wildman–Crippen LogP) is 2.36. The molecule has 164 valence electrons. The Morgan fingerprint density at radius 2 is 1.90 bits per heavy atom. The van der Waals surface area contributed by atoms with Crippen LogP contribution in [-0.4, -0.2) is 63.5 Å². The van der Waals surface area contributed by atoms with Gasteiger partial charge in [0.1, 0.15) is 17.3 Å². The lowest BCUT2D eigenvalue weighted by molar-refractivity contribution is 0.0946. The highest BCUT2D eigenvalue weighted by Crippen LogP contribution is 2.41. The zero-order chi connectivity index (χ0) is 21.8. The Balaban J connectivity index is 1.52. The van der Waals surface area contributed by atoms with Crippen molar-refractivity contribution in [3.63, 3.8) is 0 Å². The number of aromatic amines is 1. The van der Waals surface area contributed by atoms with Crippen molar-refractivity contribution < 1.29 is 23.7 Å². The number of nitrogens with one attached hydrogen (secondary N) is 2. The number of anilines is 1. The third-order valence-corrected chi connectivity index (χ3v) is 5.28. The maximum Gasteiger partial charge on any atom is 0.268 e. The number of morpholine rings is 1. The molecule has 4 rings (SSSR count). The van der Waals surface area contributed by atoms with Crippen molar-refractivity contribution in [2.75, 3.05) is 52.5 Å². The van der Waals surface area contributed by atoms with Crippen LogP contribution >= 0.6 is 0 Å². The van der Waals surface area contributed by atoms with Gasteiger partial charge in [-0.2, -0.15) is 0 Å². The van der Waals surface area contributed by atoms with Gasteiger partial charge in [-0.15, -0.1) is 0 Å². The molecule has 9 nitrogen and oxygen atoms in total. The van der Waals surface area contributed by atoms with Crippen molar-refractivity contribution in [1.82, 2.24) is 15.3 Å². The van der Waals surface area contributed by atoms with Crippen LogP contribution < -0.4 is 24.4 Å². The first-order chi connectivity index (χ1) is 15.1. The molecule has 0 atom stereocenters. The molecule has 9 heteroatoms. The van der Waals surface area contributed by atoms with E-state index in [1.807, 2.05) is 12.1 Å². The number of ether oxygens (including phenoxy) is 4. The third kappa shape index (κ3) is 4.22. The lowest BCUT2D eigenvalue weighted by Gasteiger charge is -2.28. The van der Waals surface area contributed by atoms with Crippen LogP contribution in [0.25, 0.3) is 10.9 Å². The molecule has 1 saturated heterocycles. The van der Waals surface area contributed by atoms with Crippen molar-refractivity contribution in [3.8, 4) is 17.2 Å². The van der Waals surface area contributed by atoms with E-state index in [1.165, 1.54) is 0 Å². The summed E-state index contributed by atoms with van der Waals surface area (Å²) < 4.78 is 21.7. The number of hydrogen-bond acceptors (Lipinski definition) is 7. The van der Waals surface area contributed by atoms with Crippen molar-refractivity contribution >= 4 is 22.6 Å². The third-order valence-electron chi connectivity index (χ3n) is 5.28. The van der Waals surface area contributed by atoms with Gasteiger partial charge >= 0.3 is 0 Å². The standard InChI is InChI=1S/C22H26N4O5/c1-28-17-12-18(29-2)21(30-3)20-15(17)11-16(25-20)22(27)24-13-14-4-5-23-19(10-14)26-6-8-31-9-7-26/h4-5,10-12,25H,6-9,13H2,1-3H3,(H,24,27). The molecule has 3 aromatic rings. The van der Waals surface area contributed by atoms with Gasteiger partial charge < -0.3 is 34.1 Å². The second-order valence-corrected chi connectivity index (χ2v) is 7.09.